The van der Waals surface area contributed by atoms with Crippen LogP contribution in [0, 0.1) is 0 Å². The third-order valence-corrected chi connectivity index (χ3v) is 2.63. The van der Waals surface area contributed by atoms with Crippen LogP contribution in [-0.2, 0) is 4.79 Å². The summed E-state index contributed by atoms with van der Waals surface area (Å²) in [6.45, 7) is 0. The van der Waals surface area contributed by atoms with Gasteiger partial charge in [-0.05, 0) is 24.3 Å². The van der Waals surface area contributed by atoms with Gasteiger partial charge in [-0.1, -0.05) is 24.3 Å². The van der Waals surface area contributed by atoms with Gasteiger partial charge in [-0.15, -0.1) is 0 Å². The molecule has 0 spiro atoms. The molecule has 0 unspecified atom stereocenters. The summed E-state index contributed by atoms with van der Waals surface area (Å²) in [6, 6.07) is 13.4. The van der Waals surface area contributed by atoms with Crippen LogP contribution in [0.3, 0.4) is 0 Å². The summed E-state index contributed by atoms with van der Waals surface area (Å²) in [5.74, 6) is 0.210. The number of anilines is 1. The molecule has 2 aromatic rings. The zero-order valence-corrected chi connectivity index (χ0v) is 10.8. The highest BCUT2D eigenvalue weighted by Crippen LogP contribution is 2.27. The molecule has 2 aromatic carbocycles. The summed E-state index contributed by atoms with van der Waals surface area (Å²) in [6.07, 6.45) is 0.509. The summed E-state index contributed by atoms with van der Waals surface area (Å²) in [7, 11) is 1.49. The molecule has 0 atom stereocenters. The van der Waals surface area contributed by atoms with Crippen LogP contribution in [0.15, 0.2) is 48.5 Å². The zero-order valence-electron chi connectivity index (χ0n) is 10.8. The van der Waals surface area contributed by atoms with E-state index in [2.05, 4.69) is 5.32 Å². The second-order valence-corrected chi connectivity index (χ2v) is 3.85. The molecule has 0 saturated carbocycles. The van der Waals surface area contributed by atoms with Crippen LogP contribution in [0.5, 0.6) is 11.5 Å². The number of carbonyl (C=O) groups excluding carboxylic acids is 2. The molecule has 0 radical (unpaired) electrons. The third-order valence-electron chi connectivity index (χ3n) is 2.63. The van der Waals surface area contributed by atoms with Crippen molar-refractivity contribution < 1.29 is 19.1 Å². The summed E-state index contributed by atoms with van der Waals surface area (Å²) in [4.78, 5) is 22.7. The van der Waals surface area contributed by atoms with Crippen LogP contribution < -0.4 is 14.8 Å². The molecule has 2 rings (SSSR count). The maximum absolute atomic E-state index is 12.1. The van der Waals surface area contributed by atoms with E-state index < -0.39 is 5.97 Å². The lowest BCUT2D eigenvalue weighted by atomic mass is 10.2. The minimum Gasteiger partial charge on any atom is -0.493 e. The van der Waals surface area contributed by atoms with Crippen LogP contribution in [0.1, 0.15) is 10.4 Å². The fourth-order valence-electron chi connectivity index (χ4n) is 1.71. The van der Waals surface area contributed by atoms with E-state index >= 15 is 0 Å². The summed E-state index contributed by atoms with van der Waals surface area (Å²) < 4.78 is 10.4. The normalized spacial score (nSPS) is 9.65. The van der Waals surface area contributed by atoms with Crippen LogP contribution in [0.4, 0.5) is 5.69 Å². The number of ether oxygens (including phenoxy) is 2. The first-order valence-corrected chi connectivity index (χ1v) is 5.90. The van der Waals surface area contributed by atoms with Crippen LogP contribution in [0.25, 0.3) is 0 Å². The van der Waals surface area contributed by atoms with Gasteiger partial charge in [0, 0.05) is 0 Å². The number of hydrogen-bond donors (Lipinski definition) is 1. The minimum atomic E-state index is -0.570. The predicted molar refractivity (Wildman–Crippen MR) is 74.1 cm³/mol. The lowest BCUT2D eigenvalue weighted by Crippen LogP contribution is -2.12. The highest BCUT2D eigenvalue weighted by atomic mass is 16.6. The zero-order chi connectivity index (χ0) is 14.4. The largest absolute Gasteiger partial charge is 0.493 e. The summed E-state index contributed by atoms with van der Waals surface area (Å²) in [5, 5.41) is 2.46. The Morgan fingerprint density at radius 2 is 1.70 bits per heavy atom. The first-order chi connectivity index (χ1) is 9.76. The van der Waals surface area contributed by atoms with E-state index in [0.717, 1.165) is 0 Å². The molecule has 0 bridgehead atoms. The van der Waals surface area contributed by atoms with Gasteiger partial charge in [-0.3, -0.25) is 4.79 Å². The molecule has 0 saturated heterocycles. The van der Waals surface area contributed by atoms with Crippen molar-refractivity contribution in [3.63, 3.8) is 0 Å². The van der Waals surface area contributed by atoms with E-state index in [9.17, 15) is 9.59 Å². The molecular weight excluding hydrogens is 258 g/mol. The average molecular weight is 271 g/mol. The van der Waals surface area contributed by atoms with Gasteiger partial charge in [0.25, 0.3) is 0 Å². The van der Waals surface area contributed by atoms with Crippen molar-refractivity contribution in [1.29, 1.82) is 0 Å². The molecule has 0 aliphatic carbocycles. The number of para-hydroxylation sites is 3. The molecule has 1 amide bonds. The number of carbonyl (C=O) groups is 2. The maximum atomic E-state index is 12.1. The topological polar surface area (TPSA) is 64.6 Å². The van der Waals surface area contributed by atoms with Gasteiger partial charge in [0.15, 0.2) is 11.5 Å². The lowest BCUT2D eigenvalue weighted by Gasteiger charge is -2.10. The Bertz CT molecular complexity index is 625. The van der Waals surface area contributed by atoms with Crippen molar-refractivity contribution in [2.45, 2.75) is 0 Å². The molecule has 0 aliphatic rings. The number of methoxy groups -OCH3 is 1. The molecule has 20 heavy (non-hydrogen) atoms. The predicted octanol–water partition coefficient (Wildman–Crippen LogP) is 2.48. The maximum Gasteiger partial charge on any atom is 0.345 e. The smallest absolute Gasteiger partial charge is 0.345 e. The molecule has 5 heteroatoms. The quantitative estimate of drug-likeness (QED) is 0.515. The Balaban J connectivity index is 2.26. The molecule has 102 valence electrons. The van der Waals surface area contributed by atoms with Crippen molar-refractivity contribution in [3.8, 4) is 11.5 Å². The van der Waals surface area contributed by atoms with E-state index in [1.54, 1.807) is 48.5 Å². The van der Waals surface area contributed by atoms with Crippen molar-refractivity contribution in [2.75, 3.05) is 12.4 Å². The Hall–Kier alpha value is -2.82. The molecule has 0 aromatic heterocycles. The van der Waals surface area contributed by atoms with Crippen LogP contribution >= 0.6 is 0 Å². The van der Waals surface area contributed by atoms with E-state index in [4.69, 9.17) is 9.47 Å². The molecular formula is C15H13NO4. The fourth-order valence-corrected chi connectivity index (χ4v) is 1.71. The van der Waals surface area contributed by atoms with Gasteiger partial charge in [0.2, 0.25) is 6.41 Å². The number of nitrogens with one attached hydrogen (secondary N) is 1. The third kappa shape index (κ3) is 2.95. The fraction of sp³-hybridized carbons (Fsp3) is 0.0667. The number of hydrogen-bond acceptors (Lipinski definition) is 4. The Morgan fingerprint density at radius 3 is 2.40 bits per heavy atom. The highest BCUT2D eigenvalue weighted by Gasteiger charge is 2.15. The van der Waals surface area contributed by atoms with Gasteiger partial charge >= 0.3 is 5.97 Å². The number of esters is 1. The first kappa shape index (κ1) is 13.6. The molecule has 5 nitrogen and oxygen atoms in total. The highest BCUT2D eigenvalue weighted by molar-refractivity contribution is 5.99. The van der Waals surface area contributed by atoms with Crippen molar-refractivity contribution in [1.82, 2.24) is 0 Å². The van der Waals surface area contributed by atoms with Crippen molar-refractivity contribution in [3.05, 3.63) is 54.1 Å². The molecule has 0 heterocycles. The van der Waals surface area contributed by atoms with E-state index in [0.29, 0.717) is 23.6 Å². The molecule has 0 aliphatic heterocycles. The Morgan fingerprint density at radius 1 is 1.05 bits per heavy atom. The van der Waals surface area contributed by atoms with Gasteiger partial charge in [0.05, 0.1) is 18.4 Å². The van der Waals surface area contributed by atoms with Gasteiger partial charge in [0.1, 0.15) is 0 Å². The van der Waals surface area contributed by atoms with Crippen molar-refractivity contribution >= 4 is 18.1 Å². The summed E-state index contributed by atoms with van der Waals surface area (Å²) in [5.41, 5.74) is 0.660. The van der Waals surface area contributed by atoms with E-state index in [-0.39, 0.29) is 5.56 Å². The standard InChI is InChI=1S/C15H13NO4/c1-19-13-8-4-5-9-14(13)20-15(18)11-6-2-3-7-12(11)16-10-17/h2-10H,1H3,(H,16,17). The first-order valence-electron chi connectivity index (χ1n) is 5.90. The SMILES string of the molecule is COc1ccccc1OC(=O)c1ccccc1NC=O. The average Bonchev–Trinajstić information content (AvgIpc) is 2.48. The summed E-state index contributed by atoms with van der Waals surface area (Å²) >= 11 is 0. The number of rotatable bonds is 5. The second kappa shape index (κ2) is 6.38. The number of benzene rings is 2. The van der Waals surface area contributed by atoms with Crippen LogP contribution in [-0.4, -0.2) is 19.5 Å². The van der Waals surface area contributed by atoms with Gasteiger partial charge in [-0.2, -0.15) is 0 Å². The van der Waals surface area contributed by atoms with E-state index in [1.807, 2.05) is 0 Å². The van der Waals surface area contributed by atoms with Gasteiger partial charge < -0.3 is 14.8 Å². The Labute approximate surface area is 116 Å². The lowest BCUT2D eigenvalue weighted by molar-refractivity contribution is -0.105. The van der Waals surface area contributed by atoms with Crippen molar-refractivity contribution in [2.24, 2.45) is 0 Å². The Kier molecular flexibility index (Phi) is 4.34. The van der Waals surface area contributed by atoms with Crippen LogP contribution in [0.2, 0.25) is 0 Å². The molecule has 1 N–H and O–H groups in total. The van der Waals surface area contributed by atoms with Gasteiger partial charge in [-0.25, -0.2) is 4.79 Å². The number of amides is 1. The monoisotopic (exact) mass is 271 g/mol. The van der Waals surface area contributed by atoms with E-state index in [1.165, 1.54) is 7.11 Å². The molecule has 0 fully saturated rings. The second-order valence-electron chi connectivity index (χ2n) is 3.85. The minimum absolute atomic E-state index is 0.269.